The predicted molar refractivity (Wildman–Crippen MR) is 89.6 cm³/mol. The zero-order chi connectivity index (χ0) is 15.1. The second-order valence-electron chi connectivity index (χ2n) is 6.29. The fraction of sp³-hybridized carbons (Fsp3) is 0.625. The predicted octanol–water partition coefficient (Wildman–Crippen LogP) is 3.65. The number of rotatable bonds is 2. The van der Waals surface area contributed by atoms with Crippen LogP contribution in [-0.4, -0.2) is 27.0 Å². The first-order chi connectivity index (χ1) is 9.97. The van der Waals surface area contributed by atoms with Gasteiger partial charge < -0.3 is 5.73 Å². The van der Waals surface area contributed by atoms with Gasteiger partial charge in [0.05, 0.1) is 11.9 Å². The summed E-state index contributed by atoms with van der Waals surface area (Å²) < 4.78 is 0. The molecule has 114 valence electrons. The van der Waals surface area contributed by atoms with Crippen LogP contribution < -0.4 is 5.73 Å². The molecule has 2 aromatic heterocycles. The van der Waals surface area contributed by atoms with Crippen molar-refractivity contribution in [2.45, 2.75) is 65.6 Å². The number of hydrogen-bond acceptors (Lipinski definition) is 5. The first-order valence-corrected chi connectivity index (χ1v) is 8.57. The highest BCUT2D eigenvalue weighted by Gasteiger charge is 2.26. The molecule has 2 atom stereocenters. The molecular weight excluding hydrogens is 280 g/mol. The van der Waals surface area contributed by atoms with Crippen LogP contribution in [0, 0.1) is 13.8 Å². The molecule has 5 heteroatoms. The third-order valence-electron chi connectivity index (χ3n) is 4.80. The number of nitrogens with two attached hydrogens (primary N) is 1. The molecule has 0 saturated carbocycles. The zero-order valence-electron chi connectivity index (χ0n) is 13.3. The fourth-order valence-corrected chi connectivity index (χ4v) is 4.40. The molecule has 3 heterocycles. The lowest BCUT2D eigenvalue weighted by molar-refractivity contribution is 0.0924. The lowest BCUT2D eigenvalue weighted by Crippen LogP contribution is -2.43. The van der Waals surface area contributed by atoms with Crippen molar-refractivity contribution in [2.24, 2.45) is 0 Å². The monoisotopic (exact) mass is 304 g/mol. The van der Waals surface area contributed by atoms with Gasteiger partial charge in [-0.25, -0.2) is 9.97 Å². The summed E-state index contributed by atoms with van der Waals surface area (Å²) in [5.74, 6) is 1.50. The van der Waals surface area contributed by atoms with Gasteiger partial charge in [-0.3, -0.25) is 4.90 Å². The lowest BCUT2D eigenvalue weighted by atomic mass is 9.97. The number of fused-ring (bicyclic) bond motifs is 1. The summed E-state index contributed by atoms with van der Waals surface area (Å²) in [6.07, 6.45) is 3.85. The molecule has 0 aromatic carbocycles. The Hall–Kier alpha value is -1.20. The van der Waals surface area contributed by atoms with Gasteiger partial charge in [-0.15, -0.1) is 11.3 Å². The Labute approximate surface area is 130 Å². The van der Waals surface area contributed by atoms with Gasteiger partial charge in [0.15, 0.2) is 0 Å². The van der Waals surface area contributed by atoms with Crippen LogP contribution in [-0.2, 0) is 6.54 Å². The summed E-state index contributed by atoms with van der Waals surface area (Å²) in [5, 5.41) is 1.04. The average Bonchev–Trinajstić information content (AvgIpc) is 2.70. The minimum atomic E-state index is 0.598. The molecule has 1 fully saturated rings. The summed E-state index contributed by atoms with van der Waals surface area (Å²) in [6.45, 7) is 9.63. The lowest BCUT2D eigenvalue weighted by Gasteiger charge is -2.38. The first kappa shape index (κ1) is 14.7. The molecule has 0 bridgehead atoms. The van der Waals surface area contributed by atoms with Gasteiger partial charge in [0, 0.05) is 17.0 Å². The fourth-order valence-electron chi connectivity index (χ4n) is 3.35. The number of thiophene rings is 1. The molecule has 0 spiro atoms. The largest absolute Gasteiger partial charge is 0.383 e. The Morgan fingerprint density at radius 3 is 2.52 bits per heavy atom. The number of aromatic nitrogens is 2. The van der Waals surface area contributed by atoms with Crippen LogP contribution in [0.2, 0.25) is 0 Å². The van der Waals surface area contributed by atoms with E-state index >= 15 is 0 Å². The number of aryl methyl sites for hydroxylation is 2. The Bertz CT molecular complexity index is 654. The van der Waals surface area contributed by atoms with E-state index in [-0.39, 0.29) is 0 Å². The van der Waals surface area contributed by atoms with Crippen molar-refractivity contribution in [1.82, 2.24) is 14.9 Å². The van der Waals surface area contributed by atoms with Gasteiger partial charge in [0.25, 0.3) is 0 Å². The van der Waals surface area contributed by atoms with Crippen LogP contribution in [0.1, 0.15) is 49.4 Å². The maximum atomic E-state index is 6.18. The van der Waals surface area contributed by atoms with Crippen LogP contribution in [0.3, 0.4) is 0 Å². The van der Waals surface area contributed by atoms with E-state index in [1.54, 1.807) is 11.3 Å². The van der Waals surface area contributed by atoms with Gasteiger partial charge in [-0.1, -0.05) is 6.42 Å². The summed E-state index contributed by atoms with van der Waals surface area (Å²) in [5.41, 5.74) is 7.40. The molecule has 1 aliphatic heterocycles. The SMILES string of the molecule is Cc1sc2nc(CN3[C@H](C)CCC[C@@H]3C)nc(N)c2c1C. The number of nitrogens with zero attached hydrogens (tertiary/aromatic N) is 3. The Balaban J connectivity index is 1.94. The molecule has 0 aliphatic carbocycles. The number of likely N-dealkylation sites (tertiary alicyclic amines) is 1. The molecule has 0 radical (unpaired) electrons. The molecule has 2 aromatic rings. The standard InChI is InChI=1S/C16H24N4S/c1-9-6-5-7-10(2)20(9)8-13-18-15(17)14-11(3)12(4)21-16(14)19-13/h9-10H,5-8H2,1-4H3,(H2,17,18,19)/t9-,10+. The Morgan fingerprint density at radius 2 is 1.86 bits per heavy atom. The van der Waals surface area contributed by atoms with Crippen LogP contribution >= 0.6 is 11.3 Å². The van der Waals surface area contributed by atoms with Crippen LogP contribution in [0.5, 0.6) is 0 Å². The van der Waals surface area contributed by atoms with E-state index in [4.69, 9.17) is 10.7 Å². The van der Waals surface area contributed by atoms with E-state index in [9.17, 15) is 0 Å². The van der Waals surface area contributed by atoms with E-state index in [0.717, 1.165) is 22.6 Å². The van der Waals surface area contributed by atoms with Gasteiger partial charge in [0.2, 0.25) is 0 Å². The van der Waals surface area contributed by atoms with Crippen LogP contribution in [0.25, 0.3) is 10.2 Å². The maximum absolute atomic E-state index is 6.18. The van der Waals surface area contributed by atoms with Gasteiger partial charge in [0.1, 0.15) is 16.5 Å². The summed E-state index contributed by atoms with van der Waals surface area (Å²) in [7, 11) is 0. The van der Waals surface area contributed by atoms with E-state index in [2.05, 4.69) is 37.6 Å². The smallest absolute Gasteiger partial charge is 0.146 e. The van der Waals surface area contributed by atoms with Crippen molar-refractivity contribution in [1.29, 1.82) is 0 Å². The van der Waals surface area contributed by atoms with Crippen LogP contribution in [0.4, 0.5) is 5.82 Å². The third kappa shape index (κ3) is 2.64. The quantitative estimate of drug-likeness (QED) is 0.920. The molecule has 4 nitrogen and oxygen atoms in total. The van der Waals surface area contributed by atoms with Gasteiger partial charge in [-0.05, 0) is 46.1 Å². The van der Waals surface area contributed by atoms with E-state index in [1.165, 1.54) is 29.7 Å². The van der Waals surface area contributed by atoms with Crippen molar-refractivity contribution in [3.63, 3.8) is 0 Å². The second-order valence-corrected chi connectivity index (χ2v) is 7.49. The number of piperidine rings is 1. The summed E-state index contributed by atoms with van der Waals surface area (Å²) in [6, 6.07) is 1.20. The van der Waals surface area contributed by atoms with E-state index in [0.29, 0.717) is 17.9 Å². The Kier molecular flexibility index (Phi) is 3.88. The Morgan fingerprint density at radius 1 is 1.19 bits per heavy atom. The first-order valence-electron chi connectivity index (χ1n) is 7.75. The molecule has 3 rings (SSSR count). The molecule has 1 saturated heterocycles. The van der Waals surface area contributed by atoms with Gasteiger partial charge >= 0.3 is 0 Å². The van der Waals surface area contributed by atoms with E-state index < -0.39 is 0 Å². The molecule has 2 N–H and O–H groups in total. The normalized spacial score (nSPS) is 23.8. The van der Waals surface area contributed by atoms with Crippen molar-refractivity contribution in [3.05, 3.63) is 16.3 Å². The van der Waals surface area contributed by atoms with Crippen LogP contribution in [0.15, 0.2) is 0 Å². The third-order valence-corrected chi connectivity index (χ3v) is 5.90. The van der Waals surface area contributed by atoms with E-state index in [1.807, 2.05) is 0 Å². The minimum absolute atomic E-state index is 0.598. The number of nitrogen functional groups attached to an aromatic ring is 1. The number of anilines is 1. The highest BCUT2D eigenvalue weighted by atomic mass is 32.1. The summed E-state index contributed by atoms with van der Waals surface area (Å²) in [4.78, 5) is 14.2. The summed E-state index contributed by atoms with van der Waals surface area (Å²) >= 11 is 1.72. The van der Waals surface area contributed by atoms with Crippen molar-refractivity contribution in [3.8, 4) is 0 Å². The van der Waals surface area contributed by atoms with Crippen molar-refractivity contribution in [2.75, 3.05) is 5.73 Å². The molecule has 0 amide bonds. The number of hydrogen-bond donors (Lipinski definition) is 1. The molecular formula is C16H24N4S. The topological polar surface area (TPSA) is 55.0 Å². The zero-order valence-corrected chi connectivity index (χ0v) is 14.1. The minimum Gasteiger partial charge on any atom is -0.383 e. The highest BCUT2D eigenvalue weighted by Crippen LogP contribution is 2.32. The van der Waals surface area contributed by atoms with Crippen molar-refractivity contribution >= 4 is 27.4 Å². The average molecular weight is 304 g/mol. The molecule has 21 heavy (non-hydrogen) atoms. The second kappa shape index (κ2) is 5.54. The molecule has 1 aliphatic rings. The van der Waals surface area contributed by atoms with Gasteiger partial charge in [-0.2, -0.15) is 0 Å². The maximum Gasteiger partial charge on any atom is 0.146 e. The highest BCUT2D eigenvalue weighted by molar-refractivity contribution is 7.18. The van der Waals surface area contributed by atoms with Crippen molar-refractivity contribution < 1.29 is 0 Å². The molecule has 0 unspecified atom stereocenters.